The summed E-state index contributed by atoms with van der Waals surface area (Å²) in [5, 5.41) is 8.39. The van der Waals surface area contributed by atoms with Gasteiger partial charge in [0.2, 0.25) is 0 Å². The summed E-state index contributed by atoms with van der Waals surface area (Å²) < 4.78 is 4.69. The zero-order valence-corrected chi connectivity index (χ0v) is 7.00. The van der Waals surface area contributed by atoms with Gasteiger partial charge in [0, 0.05) is 12.8 Å². The fourth-order valence-electron chi connectivity index (χ4n) is 1.37. The topological polar surface area (TPSA) is 63.6 Å². The number of carboxylic acid groups (broad SMARTS) is 1. The van der Waals surface area contributed by atoms with Crippen molar-refractivity contribution in [2.45, 2.75) is 38.2 Å². The van der Waals surface area contributed by atoms with Gasteiger partial charge in [0.25, 0.3) is 0 Å². The highest BCUT2D eigenvalue weighted by Crippen LogP contribution is 2.29. The van der Waals surface area contributed by atoms with Crippen LogP contribution < -0.4 is 0 Å². The zero-order chi connectivity index (χ0) is 9.19. The first-order valence-electron chi connectivity index (χ1n) is 3.95. The summed E-state index contributed by atoms with van der Waals surface area (Å²) in [4.78, 5) is 21.1. The van der Waals surface area contributed by atoms with Crippen LogP contribution in [0, 0.1) is 0 Å². The van der Waals surface area contributed by atoms with Crippen molar-refractivity contribution in [1.82, 2.24) is 0 Å². The highest BCUT2D eigenvalue weighted by Gasteiger charge is 2.33. The third kappa shape index (κ3) is 2.22. The minimum absolute atomic E-state index is 0.196. The molecule has 0 atom stereocenters. The Labute approximate surface area is 70.5 Å². The molecule has 1 saturated carbocycles. The van der Waals surface area contributed by atoms with Crippen molar-refractivity contribution < 1.29 is 19.4 Å². The highest BCUT2D eigenvalue weighted by molar-refractivity contribution is 5.79. The van der Waals surface area contributed by atoms with Gasteiger partial charge in [0.1, 0.15) is 11.4 Å². The third-order valence-corrected chi connectivity index (χ3v) is 2.20. The van der Waals surface area contributed by atoms with Gasteiger partial charge in [0.05, 0.1) is 0 Å². The van der Waals surface area contributed by atoms with Crippen LogP contribution in [0.25, 0.3) is 0 Å². The van der Waals surface area contributed by atoms with Crippen molar-refractivity contribution in [2.24, 2.45) is 0 Å². The van der Waals surface area contributed by atoms with Crippen LogP contribution in [0.15, 0.2) is 0 Å². The first kappa shape index (κ1) is 9.03. The van der Waals surface area contributed by atoms with E-state index in [4.69, 9.17) is 9.84 Å². The van der Waals surface area contributed by atoms with Gasteiger partial charge >= 0.3 is 6.16 Å². The van der Waals surface area contributed by atoms with Crippen molar-refractivity contribution in [3.8, 4) is 0 Å². The number of ketones is 1. The minimum atomic E-state index is -1.26. The Balaban J connectivity index is 2.49. The molecule has 4 nitrogen and oxygen atoms in total. The Morgan fingerprint density at radius 3 is 2.42 bits per heavy atom. The Morgan fingerprint density at radius 2 is 2.00 bits per heavy atom. The molecule has 0 aromatic carbocycles. The molecule has 68 valence electrons. The predicted molar refractivity (Wildman–Crippen MR) is 41.0 cm³/mol. The molecule has 1 rings (SSSR count). The number of rotatable bonds is 1. The van der Waals surface area contributed by atoms with Crippen LogP contribution in [0.5, 0.6) is 0 Å². The fourth-order valence-corrected chi connectivity index (χ4v) is 1.37. The van der Waals surface area contributed by atoms with Crippen molar-refractivity contribution in [3.05, 3.63) is 0 Å². The Bertz CT molecular complexity index is 199. The Kier molecular flexibility index (Phi) is 2.35. The number of hydrogen-bond donors (Lipinski definition) is 1. The number of ether oxygens (including phenoxy) is 1. The van der Waals surface area contributed by atoms with Gasteiger partial charge in [-0.2, -0.15) is 0 Å². The number of carbonyl (C=O) groups excluding carboxylic acids is 1. The quantitative estimate of drug-likeness (QED) is 0.610. The second-order valence-electron chi connectivity index (χ2n) is 3.36. The van der Waals surface area contributed by atoms with E-state index in [1.165, 1.54) is 0 Å². The predicted octanol–water partition coefficient (Wildman–Crippen LogP) is 1.58. The van der Waals surface area contributed by atoms with Crippen LogP contribution in [0.2, 0.25) is 0 Å². The van der Waals surface area contributed by atoms with Crippen molar-refractivity contribution in [1.29, 1.82) is 0 Å². The van der Waals surface area contributed by atoms with E-state index in [1.54, 1.807) is 6.92 Å². The Morgan fingerprint density at radius 1 is 1.50 bits per heavy atom. The van der Waals surface area contributed by atoms with Gasteiger partial charge in [0.15, 0.2) is 0 Å². The average molecular weight is 172 g/mol. The van der Waals surface area contributed by atoms with E-state index in [1.807, 2.05) is 0 Å². The smallest absolute Gasteiger partial charge is 0.450 e. The van der Waals surface area contributed by atoms with Gasteiger partial charge in [-0.1, -0.05) is 0 Å². The van der Waals surface area contributed by atoms with Crippen LogP contribution in [0.3, 0.4) is 0 Å². The summed E-state index contributed by atoms with van der Waals surface area (Å²) in [5.41, 5.74) is -0.639. The van der Waals surface area contributed by atoms with Crippen LogP contribution in [-0.4, -0.2) is 22.6 Å². The molecule has 12 heavy (non-hydrogen) atoms. The normalized spacial score (nSPS) is 21.9. The molecule has 0 aromatic rings. The molecule has 0 heterocycles. The largest absolute Gasteiger partial charge is 0.506 e. The highest BCUT2D eigenvalue weighted by atomic mass is 16.7. The monoisotopic (exact) mass is 172 g/mol. The van der Waals surface area contributed by atoms with E-state index < -0.39 is 11.8 Å². The standard InChI is InChI=1S/C8H12O4/c1-8(12-7(10)11)4-2-6(9)3-5-8/h2-5H2,1H3,(H,10,11). The first-order valence-corrected chi connectivity index (χ1v) is 3.95. The van der Waals surface area contributed by atoms with Gasteiger partial charge in [-0.3, -0.25) is 4.79 Å². The summed E-state index contributed by atoms with van der Waals surface area (Å²) in [6, 6.07) is 0. The summed E-state index contributed by atoms with van der Waals surface area (Å²) in [6.45, 7) is 1.73. The maximum atomic E-state index is 10.8. The molecule has 0 bridgehead atoms. The number of carbonyl (C=O) groups is 2. The van der Waals surface area contributed by atoms with Gasteiger partial charge in [-0.25, -0.2) is 4.79 Å². The van der Waals surface area contributed by atoms with Crippen LogP contribution in [0.4, 0.5) is 4.79 Å². The molecule has 0 saturated heterocycles. The molecule has 0 radical (unpaired) electrons. The maximum Gasteiger partial charge on any atom is 0.506 e. The minimum Gasteiger partial charge on any atom is -0.450 e. The van der Waals surface area contributed by atoms with E-state index in [0.717, 1.165) is 0 Å². The van der Waals surface area contributed by atoms with Crippen LogP contribution in [0.1, 0.15) is 32.6 Å². The lowest BCUT2D eigenvalue weighted by molar-refractivity contribution is -0.125. The lowest BCUT2D eigenvalue weighted by Gasteiger charge is -2.30. The molecular formula is C8H12O4. The number of hydrogen-bond acceptors (Lipinski definition) is 3. The van der Waals surface area contributed by atoms with Crippen LogP contribution >= 0.6 is 0 Å². The van der Waals surface area contributed by atoms with Crippen molar-refractivity contribution >= 4 is 11.9 Å². The van der Waals surface area contributed by atoms with E-state index in [0.29, 0.717) is 25.7 Å². The molecule has 1 fully saturated rings. The van der Waals surface area contributed by atoms with Crippen molar-refractivity contribution in [2.75, 3.05) is 0 Å². The van der Waals surface area contributed by atoms with Gasteiger partial charge in [-0.15, -0.1) is 0 Å². The molecule has 0 spiro atoms. The van der Waals surface area contributed by atoms with Gasteiger partial charge < -0.3 is 9.84 Å². The summed E-state index contributed by atoms with van der Waals surface area (Å²) in [7, 11) is 0. The number of Topliss-reactive ketones (excluding diaryl/α,β-unsaturated/α-hetero) is 1. The second-order valence-corrected chi connectivity index (χ2v) is 3.36. The molecule has 0 unspecified atom stereocenters. The fraction of sp³-hybridized carbons (Fsp3) is 0.750. The second kappa shape index (κ2) is 3.13. The van der Waals surface area contributed by atoms with E-state index in [-0.39, 0.29) is 5.78 Å². The third-order valence-electron chi connectivity index (χ3n) is 2.20. The zero-order valence-electron chi connectivity index (χ0n) is 7.00. The molecule has 0 amide bonds. The summed E-state index contributed by atoms with van der Waals surface area (Å²) in [5.74, 6) is 0.196. The summed E-state index contributed by atoms with van der Waals surface area (Å²) >= 11 is 0. The summed E-state index contributed by atoms with van der Waals surface area (Å²) in [6.07, 6.45) is 0.635. The molecule has 0 aromatic heterocycles. The lowest BCUT2D eigenvalue weighted by Crippen LogP contribution is -2.35. The molecule has 4 heteroatoms. The van der Waals surface area contributed by atoms with E-state index in [9.17, 15) is 9.59 Å². The van der Waals surface area contributed by atoms with Crippen LogP contribution in [-0.2, 0) is 9.53 Å². The molecule has 0 aliphatic heterocycles. The SMILES string of the molecule is CC1(OC(=O)O)CCC(=O)CC1. The average Bonchev–Trinajstić information content (AvgIpc) is 1.94. The molecule has 1 N–H and O–H groups in total. The molecular weight excluding hydrogens is 160 g/mol. The van der Waals surface area contributed by atoms with E-state index >= 15 is 0 Å². The van der Waals surface area contributed by atoms with Crippen molar-refractivity contribution in [3.63, 3.8) is 0 Å². The molecule has 1 aliphatic rings. The van der Waals surface area contributed by atoms with Gasteiger partial charge in [-0.05, 0) is 19.8 Å². The van der Waals surface area contributed by atoms with E-state index in [2.05, 4.69) is 0 Å². The lowest BCUT2D eigenvalue weighted by atomic mass is 9.86. The molecule has 1 aliphatic carbocycles. The Hall–Kier alpha value is -1.06. The first-order chi connectivity index (χ1) is 5.52. The maximum absolute atomic E-state index is 10.8.